The Morgan fingerprint density at radius 2 is 2.18 bits per heavy atom. The van der Waals surface area contributed by atoms with Gasteiger partial charge in [-0.25, -0.2) is 9.18 Å². The van der Waals surface area contributed by atoms with Crippen molar-refractivity contribution in [2.75, 3.05) is 7.11 Å². The van der Waals surface area contributed by atoms with Gasteiger partial charge in [0.25, 0.3) is 0 Å². The van der Waals surface area contributed by atoms with E-state index >= 15 is 0 Å². The van der Waals surface area contributed by atoms with Crippen LogP contribution < -0.4 is 0 Å². The van der Waals surface area contributed by atoms with Gasteiger partial charge in [0, 0.05) is 18.0 Å². The number of hydrogen-bond donors (Lipinski definition) is 0. The van der Waals surface area contributed by atoms with Gasteiger partial charge in [-0.3, -0.25) is 4.79 Å². The van der Waals surface area contributed by atoms with Crippen molar-refractivity contribution in [2.24, 2.45) is 7.05 Å². The molecule has 1 aromatic carbocycles. The zero-order chi connectivity index (χ0) is 12.6. The van der Waals surface area contributed by atoms with Crippen molar-refractivity contribution in [3.63, 3.8) is 0 Å². The van der Waals surface area contributed by atoms with Crippen LogP contribution in [0.3, 0.4) is 0 Å². The molecule has 1 aromatic heterocycles. The Bertz CT molecular complexity index is 616. The highest BCUT2D eigenvalue weighted by molar-refractivity contribution is 6.10. The molecule has 1 heterocycles. The molecule has 0 fully saturated rings. The minimum Gasteiger partial charge on any atom is -0.465 e. The molecule has 0 aliphatic carbocycles. The zero-order valence-corrected chi connectivity index (χ0v) is 9.36. The molecule has 0 spiro atoms. The van der Waals surface area contributed by atoms with Crippen LogP contribution in [0, 0.1) is 5.82 Å². The number of rotatable bonds is 2. The first-order valence-electron chi connectivity index (χ1n) is 4.91. The van der Waals surface area contributed by atoms with Gasteiger partial charge in [0.2, 0.25) is 0 Å². The number of carbonyl (C=O) groups excluding carboxylic acids is 2. The van der Waals surface area contributed by atoms with Gasteiger partial charge < -0.3 is 9.30 Å². The second-order valence-corrected chi connectivity index (χ2v) is 3.59. The molecule has 0 unspecified atom stereocenters. The van der Waals surface area contributed by atoms with Gasteiger partial charge in [-0.1, -0.05) is 0 Å². The smallest absolute Gasteiger partial charge is 0.340 e. The number of ether oxygens (including phenoxy) is 1. The van der Waals surface area contributed by atoms with Crippen molar-refractivity contribution >= 4 is 23.2 Å². The van der Waals surface area contributed by atoms with E-state index in [2.05, 4.69) is 4.74 Å². The summed E-state index contributed by atoms with van der Waals surface area (Å²) in [5, 5.41) is 0.376. The normalized spacial score (nSPS) is 10.5. The van der Waals surface area contributed by atoms with Crippen LogP contribution >= 0.6 is 0 Å². The highest BCUT2D eigenvalue weighted by atomic mass is 19.1. The maximum Gasteiger partial charge on any atom is 0.340 e. The Kier molecular flexibility index (Phi) is 2.67. The molecule has 88 valence electrons. The summed E-state index contributed by atoms with van der Waals surface area (Å²) in [6, 6.07) is 4.01. The van der Waals surface area contributed by atoms with Crippen LogP contribution in [0.2, 0.25) is 0 Å². The van der Waals surface area contributed by atoms with Crippen LogP contribution in [-0.2, 0) is 11.8 Å². The molecule has 0 amide bonds. The van der Waals surface area contributed by atoms with E-state index in [1.54, 1.807) is 7.05 Å². The van der Waals surface area contributed by atoms with E-state index in [1.807, 2.05) is 0 Å². The lowest BCUT2D eigenvalue weighted by Crippen LogP contribution is -2.05. The van der Waals surface area contributed by atoms with Crippen LogP contribution in [0.15, 0.2) is 18.2 Å². The Hall–Kier alpha value is -2.17. The second kappa shape index (κ2) is 4.01. The van der Waals surface area contributed by atoms with Gasteiger partial charge in [0.05, 0.1) is 18.4 Å². The van der Waals surface area contributed by atoms with Crippen molar-refractivity contribution in [3.8, 4) is 0 Å². The van der Waals surface area contributed by atoms with E-state index in [-0.39, 0.29) is 11.3 Å². The van der Waals surface area contributed by atoms with Crippen LogP contribution in [0.4, 0.5) is 4.39 Å². The Morgan fingerprint density at radius 3 is 2.76 bits per heavy atom. The molecule has 0 atom stereocenters. The second-order valence-electron chi connectivity index (χ2n) is 3.59. The molecular weight excluding hydrogens is 225 g/mol. The van der Waals surface area contributed by atoms with Crippen molar-refractivity contribution in [1.82, 2.24) is 4.57 Å². The molecule has 0 aliphatic heterocycles. The highest BCUT2D eigenvalue weighted by Crippen LogP contribution is 2.25. The Morgan fingerprint density at radius 1 is 1.47 bits per heavy atom. The minimum atomic E-state index is -0.650. The van der Waals surface area contributed by atoms with E-state index < -0.39 is 11.8 Å². The number of aryl methyl sites for hydroxylation is 1. The average molecular weight is 235 g/mol. The number of halogens is 1. The molecule has 0 aliphatic rings. The fourth-order valence-corrected chi connectivity index (χ4v) is 1.89. The summed E-state index contributed by atoms with van der Waals surface area (Å²) in [6.45, 7) is 0. The van der Waals surface area contributed by atoms with E-state index in [1.165, 1.54) is 29.9 Å². The number of esters is 1. The van der Waals surface area contributed by atoms with Gasteiger partial charge in [-0.15, -0.1) is 0 Å². The van der Waals surface area contributed by atoms with Gasteiger partial charge in [-0.2, -0.15) is 0 Å². The van der Waals surface area contributed by atoms with E-state index in [9.17, 15) is 14.0 Å². The van der Waals surface area contributed by atoms with Crippen LogP contribution in [0.1, 0.15) is 20.8 Å². The Labute approximate surface area is 96.6 Å². The van der Waals surface area contributed by atoms with E-state index in [0.717, 1.165) is 0 Å². The molecule has 2 aromatic rings. The van der Waals surface area contributed by atoms with Gasteiger partial charge >= 0.3 is 5.97 Å². The summed E-state index contributed by atoms with van der Waals surface area (Å²) in [5.74, 6) is -1.12. The van der Waals surface area contributed by atoms with Crippen molar-refractivity contribution in [1.29, 1.82) is 0 Å². The third-order valence-corrected chi connectivity index (χ3v) is 2.71. The maximum atomic E-state index is 13.2. The van der Waals surface area contributed by atoms with Crippen LogP contribution in [0.5, 0.6) is 0 Å². The minimum absolute atomic E-state index is 0.0968. The third kappa shape index (κ3) is 1.60. The first-order valence-corrected chi connectivity index (χ1v) is 4.91. The highest BCUT2D eigenvalue weighted by Gasteiger charge is 2.21. The Balaban J connectivity index is 2.90. The van der Waals surface area contributed by atoms with E-state index in [4.69, 9.17) is 0 Å². The lowest BCUT2D eigenvalue weighted by molar-refractivity contribution is 0.0600. The lowest BCUT2D eigenvalue weighted by Gasteiger charge is -1.98. The number of nitrogens with zero attached hydrogens (tertiary/aromatic N) is 1. The summed E-state index contributed by atoms with van der Waals surface area (Å²) in [7, 11) is 2.85. The summed E-state index contributed by atoms with van der Waals surface area (Å²) < 4.78 is 19.3. The predicted octanol–water partition coefficient (Wildman–Crippen LogP) is 1.92. The molecule has 4 nitrogen and oxygen atoms in total. The van der Waals surface area contributed by atoms with Gasteiger partial charge in [0.1, 0.15) is 5.82 Å². The molecule has 0 saturated heterocycles. The molecule has 5 heteroatoms. The van der Waals surface area contributed by atoms with E-state index in [0.29, 0.717) is 17.2 Å². The number of aromatic nitrogens is 1. The van der Waals surface area contributed by atoms with Crippen LogP contribution in [0.25, 0.3) is 10.9 Å². The zero-order valence-electron chi connectivity index (χ0n) is 9.36. The first-order chi connectivity index (χ1) is 8.10. The quantitative estimate of drug-likeness (QED) is 0.590. The summed E-state index contributed by atoms with van der Waals surface area (Å²) in [5.41, 5.74) is 0.880. The molecule has 0 saturated carbocycles. The first kappa shape index (κ1) is 11.3. The topological polar surface area (TPSA) is 48.3 Å². The summed E-state index contributed by atoms with van der Waals surface area (Å²) >= 11 is 0. The van der Waals surface area contributed by atoms with Gasteiger partial charge in [0.15, 0.2) is 6.29 Å². The molecule has 2 rings (SSSR count). The average Bonchev–Trinajstić information content (AvgIpc) is 2.60. The molecule has 17 heavy (non-hydrogen) atoms. The van der Waals surface area contributed by atoms with Crippen molar-refractivity contribution < 1.29 is 18.7 Å². The maximum absolute atomic E-state index is 13.2. The van der Waals surface area contributed by atoms with Gasteiger partial charge in [-0.05, 0) is 18.2 Å². The number of benzene rings is 1. The third-order valence-electron chi connectivity index (χ3n) is 2.71. The molecule has 0 N–H and O–H groups in total. The summed E-state index contributed by atoms with van der Waals surface area (Å²) in [4.78, 5) is 22.6. The lowest BCUT2D eigenvalue weighted by atomic mass is 10.1. The summed E-state index contributed by atoms with van der Waals surface area (Å²) in [6.07, 6.45) is 0.560. The fourth-order valence-electron chi connectivity index (χ4n) is 1.89. The van der Waals surface area contributed by atoms with Crippen molar-refractivity contribution in [3.05, 3.63) is 35.3 Å². The monoisotopic (exact) mass is 235 g/mol. The molecular formula is C12H10FNO3. The number of carbonyl (C=O) groups is 2. The molecule has 0 bridgehead atoms. The number of aldehydes is 1. The number of methoxy groups -OCH3 is 1. The predicted molar refractivity (Wildman–Crippen MR) is 59.6 cm³/mol. The SMILES string of the molecule is COC(=O)c1c(C=O)n(C)c2ccc(F)cc12. The fraction of sp³-hybridized carbons (Fsp3) is 0.167. The number of hydrogen-bond acceptors (Lipinski definition) is 3. The number of fused-ring (bicyclic) bond motifs is 1. The van der Waals surface area contributed by atoms with Crippen LogP contribution in [-0.4, -0.2) is 23.9 Å². The largest absolute Gasteiger partial charge is 0.465 e. The van der Waals surface area contributed by atoms with Crippen molar-refractivity contribution in [2.45, 2.75) is 0 Å². The standard InChI is InChI=1S/C12H10FNO3/c1-14-9-4-3-7(13)5-8(9)11(10(14)6-15)12(16)17-2/h3-6H,1-2H3. The molecule has 0 radical (unpaired) electrons.